The van der Waals surface area contributed by atoms with Gasteiger partial charge in [-0.3, -0.25) is 0 Å². The molecule has 1 aliphatic rings. The first-order valence-corrected chi connectivity index (χ1v) is 6.96. The number of hydrogen-bond donors (Lipinski definition) is 0. The van der Waals surface area contributed by atoms with E-state index >= 15 is 0 Å². The Hall–Kier alpha value is -0.820. The molecule has 0 N–H and O–H groups in total. The van der Waals surface area contributed by atoms with Gasteiger partial charge in [-0.1, -0.05) is 25.1 Å². The zero-order valence-electron chi connectivity index (χ0n) is 11.5. The summed E-state index contributed by atoms with van der Waals surface area (Å²) >= 11 is 0. The predicted molar refractivity (Wildman–Crippen MR) is 74.6 cm³/mol. The number of aryl methyl sites for hydroxylation is 2. The van der Waals surface area contributed by atoms with Crippen LogP contribution >= 0.6 is 0 Å². The molecule has 0 spiro atoms. The fourth-order valence-electron chi connectivity index (χ4n) is 2.62. The van der Waals surface area contributed by atoms with E-state index in [1.54, 1.807) is 0 Å². The van der Waals surface area contributed by atoms with E-state index in [2.05, 4.69) is 43.9 Å². The molecule has 0 aliphatic carbocycles. The maximum Gasteiger partial charge on any atom is -0.00130 e. The second-order valence-electron chi connectivity index (χ2n) is 5.58. The average Bonchev–Trinajstić information content (AvgIpc) is 2.82. The molecule has 94 valence electrons. The summed E-state index contributed by atoms with van der Waals surface area (Å²) in [6.07, 6.45) is 4.10. The van der Waals surface area contributed by atoms with E-state index in [0.29, 0.717) is 5.92 Å². The summed E-state index contributed by atoms with van der Waals surface area (Å²) in [4.78, 5) is 2.61. The Morgan fingerprint density at radius 3 is 2.47 bits per heavy atom. The van der Waals surface area contributed by atoms with Crippen molar-refractivity contribution in [3.8, 4) is 0 Å². The highest BCUT2D eigenvalue weighted by Gasteiger charge is 2.13. The van der Waals surface area contributed by atoms with E-state index in [0.717, 1.165) is 0 Å². The molecular formula is C16H25N. The molecule has 1 atom stereocenters. The molecule has 17 heavy (non-hydrogen) atoms. The molecule has 1 heteroatoms. The first-order valence-electron chi connectivity index (χ1n) is 6.96. The normalized spacial score (nSPS) is 18.5. The lowest BCUT2D eigenvalue weighted by Crippen LogP contribution is -2.21. The molecule has 0 radical (unpaired) electrons. The van der Waals surface area contributed by atoms with Gasteiger partial charge in [0, 0.05) is 0 Å². The minimum absolute atomic E-state index is 0.690. The van der Waals surface area contributed by atoms with Gasteiger partial charge in [-0.25, -0.2) is 0 Å². The van der Waals surface area contributed by atoms with Crippen LogP contribution in [0.3, 0.4) is 0 Å². The van der Waals surface area contributed by atoms with Gasteiger partial charge in [-0.2, -0.15) is 0 Å². The van der Waals surface area contributed by atoms with Crippen LogP contribution in [-0.4, -0.2) is 24.5 Å². The van der Waals surface area contributed by atoms with Crippen molar-refractivity contribution >= 4 is 0 Å². The third-order valence-corrected chi connectivity index (χ3v) is 4.18. The van der Waals surface area contributed by atoms with Crippen LogP contribution in [0.2, 0.25) is 0 Å². The smallest absolute Gasteiger partial charge is 0.00130 e. The molecule has 1 aromatic rings. The summed E-state index contributed by atoms with van der Waals surface area (Å²) < 4.78 is 0. The second-order valence-corrected chi connectivity index (χ2v) is 5.58. The summed E-state index contributed by atoms with van der Waals surface area (Å²) in [7, 11) is 0. The minimum Gasteiger partial charge on any atom is -0.303 e. The van der Waals surface area contributed by atoms with E-state index in [1.807, 2.05) is 0 Å². The molecule has 0 saturated carbocycles. The Morgan fingerprint density at radius 2 is 1.82 bits per heavy atom. The van der Waals surface area contributed by atoms with Gasteiger partial charge < -0.3 is 4.90 Å². The van der Waals surface area contributed by atoms with Crippen LogP contribution in [-0.2, 0) is 0 Å². The van der Waals surface area contributed by atoms with Crippen LogP contribution in [0.1, 0.15) is 48.8 Å². The van der Waals surface area contributed by atoms with Crippen LogP contribution in [0.4, 0.5) is 0 Å². The first-order chi connectivity index (χ1) is 8.16. The number of nitrogens with zero attached hydrogens (tertiary/aromatic N) is 1. The topological polar surface area (TPSA) is 3.24 Å². The van der Waals surface area contributed by atoms with Gasteiger partial charge >= 0.3 is 0 Å². The van der Waals surface area contributed by atoms with Crippen molar-refractivity contribution in [2.75, 3.05) is 19.6 Å². The molecule has 1 saturated heterocycles. The Kier molecular flexibility index (Phi) is 4.22. The molecule has 1 aliphatic heterocycles. The fourth-order valence-corrected chi connectivity index (χ4v) is 2.62. The van der Waals surface area contributed by atoms with Gasteiger partial charge in [-0.05, 0) is 75.4 Å². The fraction of sp³-hybridized carbons (Fsp3) is 0.625. The SMILES string of the molecule is Cc1ccc([C@@H](C)CCN2CCCC2)cc1C. The Bertz CT molecular complexity index is 364. The van der Waals surface area contributed by atoms with Gasteiger partial charge in [0.15, 0.2) is 0 Å². The van der Waals surface area contributed by atoms with Gasteiger partial charge in [0.05, 0.1) is 0 Å². The molecular weight excluding hydrogens is 206 g/mol. The molecule has 0 amide bonds. The van der Waals surface area contributed by atoms with Crippen LogP contribution < -0.4 is 0 Å². The largest absolute Gasteiger partial charge is 0.303 e. The lowest BCUT2D eigenvalue weighted by atomic mass is 9.94. The van der Waals surface area contributed by atoms with Gasteiger partial charge in [0.25, 0.3) is 0 Å². The van der Waals surface area contributed by atoms with E-state index < -0.39 is 0 Å². The third kappa shape index (κ3) is 3.32. The van der Waals surface area contributed by atoms with Crippen LogP contribution in [0.15, 0.2) is 18.2 Å². The Morgan fingerprint density at radius 1 is 1.12 bits per heavy atom. The maximum atomic E-state index is 2.61. The summed E-state index contributed by atoms with van der Waals surface area (Å²) in [6.45, 7) is 10.7. The molecule has 1 aromatic carbocycles. The molecule has 2 rings (SSSR count). The molecule has 0 aromatic heterocycles. The van der Waals surface area contributed by atoms with E-state index in [1.165, 1.54) is 55.6 Å². The van der Waals surface area contributed by atoms with Crippen molar-refractivity contribution in [2.24, 2.45) is 0 Å². The van der Waals surface area contributed by atoms with Gasteiger partial charge in [0.2, 0.25) is 0 Å². The Labute approximate surface area is 106 Å². The molecule has 1 heterocycles. The maximum absolute atomic E-state index is 2.61. The number of hydrogen-bond acceptors (Lipinski definition) is 1. The van der Waals surface area contributed by atoms with E-state index in [-0.39, 0.29) is 0 Å². The van der Waals surface area contributed by atoms with Gasteiger partial charge in [0.1, 0.15) is 0 Å². The monoisotopic (exact) mass is 231 g/mol. The molecule has 1 fully saturated rings. The van der Waals surface area contributed by atoms with E-state index in [4.69, 9.17) is 0 Å². The van der Waals surface area contributed by atoms with Crippen molar-refractivity contribution < 1.29 is 0 Å². The number of rotatable bonds is 4. The second kappa shape index (κ2) is 5.68. The van der Waals surface area contributed by atoms with Crippen LogP contribution in [0, 0.1) is 13.8 Å². The standard InChI is InChI=1S/C16H25N/c1-13-6-7-16(12-15(13)3)14(2)8-11-17-9-4-5-10-17/h6-7,12,14H,4-5,8-11H2,1-3H3/t14-/m0/s1. The summed E-state index contributed by atoms with van der Waals surface area (Å²) in [5.41, 5.74) is 4.34. The highest BCUT2D eigenvalue weighted by atomic mass is 15.1. The number of likely N-dealkylation sites (tertiary alicyclic amines) is 1. The molecule has 0 bridgehead atoms. The summed E-state index contributed by atoms with van der Waals surface area (Å²) in [5, 5.41) is 0. The lowest BCUT2D eigenvalue weighted by Gasteiger charge is -2.19. The summed E-state index contributed by atoms with van der Waals surface area (Å²) in [5.74, 6) is 0.690. The molecule has 0 unspecified atom stereocenters. The zero-order chi connectivity index (χ0) is 12.3. The first kappa shape index (κ1) is 12.6. The summed E-state index contributed by atoms with van der Waals surface area (Å²) in [6, 6.07) is 6.93. The molecule has 1 nitrogen and oxygen atoms in total. The average molecular weight is 231 g/mol. The van der Waals surface area contributed by atoms with Crippen LogP contribution in [0.5, 0.6) is 0 Å². The highest BCUT2D eigenvalue weighted by Crippen LogP contribution is 2.22. The Balaban J connectivity index is 1.89. The van der Waals surface area contributed by atoms with Crippen molar-refractivity contribution in [2.45, 2.75) is 46.0 Å². The van der Waals surface area contributed by atoms with Crippen molar-refractivity contribution in [3.05, 3.63) is 34.9 Å². The van der Waals surface area contributed by atoms with Crippen molar-refractivity contribution in [1.82, 2.24) is 4.90 Å². The minimum atomic E-state index is 0.690. The van der Waals surface area contributed by atoms with E-state index in [9.17, 15) is 0 Å². The predicted octanol–water partition coefficient (Wildman–Crippen LogP) is 3.89. The highest BCUT2D eigenvalue weighted by molar-refractivity contribution is 5.31. The lowest BCUT2D eigenvalue weighted by molar-refractivity contribution is 0.324. The third-order valence-electron chi connectivity index (χ3n) is 4.18. The zero-order valence-corrected chi connectivity index (χ0v) is 11.5. The van der Waals surface area contributed by atoms with Crippen molar-refractivity contribution in [1.29, 1.82) is 0 Å². The van der Waals surface area contributed by atoms with Crippen LogP contribution in [0.25, 0.3) is 0 Å². The number of benzene rings is 1. The van der Waals surface area contributed by atoms with Gasteiger partial charge in [-0.15, -0.1) is 0 Å². The quantitative estimate of drug-likeness (QED) is 0.760. The van der Waals surface area contributed by atoms with Crippen molar-refractivity contribution in [3.63, 3.8) is 0 Å².